The standard InChI is InChI=1S/C12H8Cl3N3/c13-8-2-1-3-11(5-8)16-18-17-12-6-9(14)4-10(15)7-12/h1-7H,(H,16,17). The van der Waals surface area contributed by atoms with Gasteiger partial charge in [0.2, 0.25) is 0 Å². The topological polar surface area (TPSA) is 36.8 Å². The molecule has 0 fully saturated rings. The zero-order chi connectivity index (χ0) is 13.0. The second kappa shape index (κ2) is 6.05. The van der Waals surface area contributed by atoms with Crippen LogP contribution in [-0.2, 0) is 0 Å². The van der Waals surface area contributed by atoms with Crippen molar-refractivity contribution in [3.05, 3.63) is 57.5 Å². The van der Waals surface area contributed by atoms with Crippen molar-refractivity contribution in [2.24, 2.45) is 10.3 Å². The molecule has 1 N–H and O–H groups in total. The van der Waals surface area contributed by atoms with E-state index in [1.807, 2.05) is 0 Å². The SMILES string of the molecule is Clc1cccc(N=NNc2cc(Cl)cc(Cl)c2)c1. The van der Waals surface area contributed by atoms with Crippen molar-refractivity contribution in [3.8, 4) is 0 Å². The first-order valence-electron chi connectivity index (χ1n) is 5.02. The number of benzene rings is 2. The maximum Gasteiger partial charge on any atom is 0.0889 e. The average Bonchev–Trinajstić information content (AvgIpc) is 2.27. The molecule has 0 saturated carbocycles. The first-order valence-corrected chi connectivity index (χ1v) is 6.15. The molecule has 0 bridgehead atoms. The molecule has 0 unspecified atom stereocenters. The van der Waals surface area contributed by atoms with Gasteiger partial charge in [0.15, 0.2) is 0 Å². The van der Waals surface area contributed by atoms with Crippen molar-refractivity contribution in [1.29, 1.82) is 0 Å². The first-order chi connectivity index (χ1) is 8.63. The minimum absolute atomic E-state index is 0.531. The summed E-state index contributed by atoms with van der Waals surface area (Å²) in [6, 6.07) is 12.1. The second-order valence-corrected chi connectivity index (χ2v) is 4.76. The third-order valence-corrected chi connectivity index (χ3v) is 2.69. The van der Waals surface area contributed by atoms with Crippen molar-refractivity contribution in [3.63, 3.8) is 0 Å². The van der Waals surface area contributed by atoms with Crippen molar-refractivity contribution in [1.82, 2.24) is 0 Å². The Bertz CT molecular complexity index is 564. The van der Waals surface area contributed by atoms with Gasteiger partial charge in [-0.15, -0.1) is 5.11 Å². The Kier molecular flexibility index (Phi) is 4.42. The quantitative estimate of drug-likeness (QED) is 0.568. The lowest BCUT2D eigenvalue weighted by molar-refractivity contribution is 1.13. The van der Waals surface area contributed by atoms with Crippen LogP contribution < -0.4 is 5.43 Å². The fraction of sp³-hybridized carbons (Fsp3) is 0. The smallest absolute Gasteiger partial charge is 0.0889 e. The van der Waals surface area contributed by atoms with Crippen LogP contribution in [-0.4, -0.2) is 0 Å². The molecule has 3 nitrogen and oxygen atoms in total. The van der Waals surface area contributed by atoms with Crippen LogP contribution in [0.5, 0.6) is 0 Å². The normalized spacial score (nSPS) is 10.8. The van der Waals surface area contributed by atoms with Crippen LogP contribution in [0.1, 0.15) is 0 Å². The molecule has 0 radical (unpaired) electrons. The van der Waals surface area contributed by atoms with E-state index in [1.54, 1.807) is 42.5 Å². The van der Waals surface area contributed by atoms with E-state index < -0.39 is 0 Å². The molecule has 0 aliphatic heterocycles. The highest BCUT2D eigenvalue weighted by molar-refractivity contribution is 6.35. The van der Waals surface area contributed by atoms with Gasteiger partial charge in [0.05, 0.1) is 11.4 Å². The summed E-state index contributed by atoms with van der Waals surface area (Å²) in [6.07, 6.45) is 0. The maximum absolute atomic E-state index is 5.85. The molecule has 2 aromatic rings. The second-order valence-electron chi connectivity index (χ2n) is 3.45. The van der Waals surface area contributed by atoms with Crippen molar-refractivity contribution in [2.75, 3.05) is 5.43 Å². The number of halogens is 3. The highest BCUT2D eigenvalue weighted by atomic mass is 35.5. The molecule has 18 heavy (non-hydrogen) atoms. The lowest BCUT2D eigenvalue weighted by atomic mass is 10.3. The Morgan fingerprint density at radius 3 is 2.22 bits per heavy atom. The van der Waals surface area contributed by atoms with Crippen LogP contribution >= 0.6 is 34.8 Å². The summed E-state index contributed by atoms with van der Waals surface area (Å²) >= 11 is 17.5. The predicted octanol–water partition coefficient (Wildman–Crippen LogP) is 5.76. The minimum atomic E-state index is 0.531. The number of rotatable bonds is 3. The van der Waals surface area contributed by atoms with Gasteiger partial charge in [0.25, 0.3) is 0 Å². The van der Waals surface area contributed by atoms with Crippen LogP contribution in [0.15, 0.2) is 52.8 Å². The summed E-state index contributed by atoms with van der Waals surface area (Å²) < 4.78 is 0. The molecule has 2 rings (SSSR count). The number of hydrogen-bond acceptors (Lipinski definition) is 2. The molecule has 92 valence electrons. The first kappa shape index (κ1) is 13.1. The van der Waals surface area contributed by atoms with E-state index in [4.69, 9.17) is 34.8 Å². The number of anilines is 1. The Labute approximate surface area is 119 Å². The van der Waals surface area contributed by atoms with E-state index in [9.17, 15) is 0 Å². The summed E-state index contributed by atoms with van der Waals surface area (Å²) in [5.74, 6) is 0. The van der Waals surface area contributed by atoms with Crippen molar-refractivity contribution in [2.45, 2.75) is 0 Å². The van der Waals surface area contributed by atoms with Gasteiger partial charge >= 0.3 is 0 Å². The summed E-state index contributed by atoms with van der Waals surface area (Å²) in [6.45, 7) is 0. The van der Waals surface area contributed by atoms with E-state index in [0.29, 0.717) is 26.4 Å². The van der Waals surface area contributed by atoms with Gasteiger partial charge in [-0.05, 0) is 36.4 Å². The fourth-order valence-corrected chi connectivity index (χ4v) is 2.01. The van der Waals surface area contributed by atoms with E-state index in [-0.39, 0.29) is 0 Å². The van der Waals surface area contributed by atoms with E-state index >= 15 is 0 Å². The van der Waals surface area contributed by atoms with Crippen LogP contribution in [0.25, 0.3) is 0 Å². The predicted molar refractivity (Wildman–Crippen MR) is 76.1 cm³/mol. The Balaban J connectivity index is 2.07. The summed E-state index contributed by atoms with van der Waals surface area (Å²) in [5.41, 5.74) is 4.06. The minimum Gasteiger partial charge on any atom is -0.260 e. The maximum atomic E-state index is 5.85. The molecule has 0 atom stereocenters. The highest BCUT2D eigenvalue weighted by Gasteiger charge is 1.96. The molecule has 0 aliphatic rings. The number of nitrogens with one attached hydrogen (secondary N) is 1. The Morgan fingerprint density at radius 2 is 1.56 bits per heavy atom. The number of hydrogen-bond donors (Lipinski definition) is 1. The zero-order valence-corrected chi connectivity index (χ0v) is 11.3. The Morgan fingerprint density at radius 1 is 0.833 bits per heavy atom. The molecule has 0 aromatic heterocycles. The van der Waals surface area contributed by atoms with Crippen LogP contribution in [0.2, 0.25) is 15.1 Å². The third kappa shape index (κ3) is 3.88. The van der Waals surface area contributed by atoms with Crippen LogP contribution in [0.3, 0.4) is 0 Å². The van der Waals surface area contributed by atoms with E-state index in [2.05, 4.69) is 15.8 Å². The van der Waals surface area contributed by atoms with Crippen LogP contribution in [0.4, 0.5) is 11.4 Å². The molecule has 6 heteroatoms. The lowest BCUT2D eigenvalue weighted by Gasteiger charge is -2.00. The molecule has 2 aromatic carbocycles. The van der Waals surface area contributed by atoms with Gasteiger partial charge in [0, 0.05) is 15.1 Å². The molecule has 0 spiro atoms. The van der Waals surface area contributed by atoms with E-state index in [0.717, 1.165) is 0 Å². The summed E-state index contributed by atoms with van der Waals surface area (Å²) in [5, 5.41) is 9.47. The van der Waals surface area contributed by atoms with Gasteiger partial charge in [-0.2, -0.15) is 0 Å². The van der Waals surface area contributed by atoms with Gasteiger partial charge < -0.3 is 0 Å². The van der Waals surface area contributed by atoms with E-state index in [1.165, 1.54) is 0 Å². The Hall–Kier alpha value is -1.29. The van der Waals surface area contributed by atoms with Gasteiger partial charge in [-0.3, -0.25) is 5.43 Å². The zero-order valence-electron chi connectivity index (χ0n) is 9.07. The van der Waals surface area contributed by atoms with Crippen LogP contribution in [0, 0.1) is 0 Å². The molecule has 0 heterocycles. The molecular formula is C12H8Cl3N3. The van der Waals surface area contributed by atoms with Crippen molar-refractivity contribution >= 4 is 46.2 Å². The third-order valence-electron chi connectivity index (χ3n) is 2.02. The van der Waals surface area contributed by atoms with Crippen molar-refractivity contribution < 1.29 is 0 Å². The fourth-order valence-electron chi connectivity index (χ4n) is 1.30. The largest absolute Gasteiger partial charge is 0.260 e. The summed E-state index contributed by atoms with van der Waals surface area (Å²) in [7, 11) is 0. The highest BCUT2D eigenvalue weighted by Crippen LogP contribution is 2.23. The monoisotopic (exact) mass is 299 g/mol. The van der Waals surface area contributed by atoms with Gasteiger partial charge in [0.1, 0.15) is 0 Å². The van der Waals surface area contributed by atoms with Gasteiger partial charge in [-0.25, -0.2) is 0 Å². The molecule has 0 aliphatic carbocycles. The lowest BCUT2D eigenvalue weighted by Crippen LogP contribution is -1.86. The average molecular weight is 301 g/mol. The molecule has 0 amide bonds. The molecule has 0 saturated heterocycles. The summed E-state index contributed by atoms with van der Waals surface area (Å²) in [4.78, 5) is 0. The number of nitrogens with zero attached hydrogens (tertiary/aromatic N) is 2. The molecular weight excluding hydrogens is 293 g/mol. The van der Waals surface area contributed by atoms with Gasteiger partial charge in [-0.1, -0.05) is 46.1 Å².